The van der Waals surface area contributed by atoms with Gasteiger partial charge in [-0.1, -0.05) is 30.3 Å². The van der Waals surface area contributed by atoms with Crippen LogP contribution in [0.15, 0.2) is 79.1 Å². The Kier molecular flexibility index (Phi) is 5.57. The number of aromatic amines is 1. The van der Waals surface area contributed by atoms with Crippen molar-refractivity contribution in [3.63, 3.8) is 0 Å². The Morgan fingerprint density at radius 3 is 2.21 bits per heavy atom. The summed E-state index contributed by atoms with van der Waals surface area (Å²) in [5, 5.41) is 0. The summed E-state index contributed by atoms with van der Waals surface area (Å²) in [6.45, 7) is 0. The zero-order valence-corrected chi connectivity index (χ0v) is 15.5. The molecule has 2 aromatic heterocycles. The molecule has 0 radical (unpaired) electrons. The van der Waals surface area contributed by atoms with E-state index >= 15 is 0 Å². The standard InChI is InChI=1S/C22H16FN3O.ClH/c23-19-8-4-3-7-17(19)21-18(15-5-1-2-6-16(15)22(24)27)13-20(26-21)14-9-11-25-12-10-14;/h1-13,26H,(H2,24,27);1H. The van der Waals surface area contributed by atoms with Crippen molar-refractivity contribution < 1.29 is 9.18 Å². The Bertz CT molecular complexity index is 1130. The number of rotatable bonds is 4. The monoisotopic (exact) mass is 393 g/mol. The highest BCUT2D eigenvalue weighted by atomic mass is 35.5. The van der Waals surface area contributed by atoms with Crippen LogP contribution in [0, 0.1) is 5.82 Å². The summed E-state index contributed by atoms with van der Waals surface area (Å²) in [5.41, 5.74) is 10.0. The molecule has 1 amide bonds. The Balaban J connectivity index is 0.00000225. The van der Waals surface area contributed by atoms with Crippen LogP contribution in [0.25, 0.3) is 33.6 Å². The van der Waals surface area contributed by atoms with Crippen LogP contribution in [0.5, 0.6) is 0 Å². The molecular formula is C22H17ClFN3O. The third-order valence-corrected chi connectivity index (χ3v) is 4.43. The van der Waals surface area contributed by atoms with Gasteiger partial charge in [-0.05, 0) is 42.0 Å². The van der Waals surface area contributed by atoms with E-state index in [0.29, 0.717) is 27.9 Å². The highest BCUT2D eigenvalue weighted by Gasteiger charge is 2.19. The van der Waals surface area contributed by atoms with Gasteiger partial charge in [-0.15, -0.1) is 12.4 Å². The summed E-state index contributed by atoms with van der Waals surface area (Å²) in [6, 6.07) is 19.2. The molecule has 0 unspecified atom stereocenters. The second-order valence-electron chi connectivity index (χ2n) is 6.10. The molecule has 3 N–H and O–H groups in total. The van der Waals surface area contributed by atoms with Crippen molar-refractivity contribution in [3.05, 3.63) is 90.5 Å². The lowest BCUT2D eigenvalue weighted by Crippen LogP contribution is -2.12. The fraction of sp³-hybridized carbons (Fsp3) is 0. The molecule has 140 valence electrons. The zero-order chi connectivity index (χ0) is 18.8. The first kappa shape index (κ1) is 19.3. The van der Waals surface area contributed by atoms with Gasteiger partial charge in [-0.3, -0.25) is 9.78 Å². The Labute approximate surface area is 167 Å². The van der Waals surface area contributed by atoms with Crippen molar-refractivity contribution in [1.82, 2.24) is 9.97 Å². The van der Waals surface area contributed by atoms with Gasteiger partial charge in [-0.25, -0.2) is 4.39 Å². The van der Waals surface area contributed by atoms with Crippen molar-refractivity contribution in [2.24, 2.45) is 5.73 Å². The summed E-state index contributed by atoms with van der Waals surface area (Å²) < 4.78 is 14.5. The van der Waals surface area contributed by atoms with E-state index in [1.165, 1.54) is 6.07 Å². The second kappa shape index (κ2) is 8.06. The highest BCUT2D eigenvalue weighted by Crippen LogP contribution is 2.38. The molecule has 0 bridgehead atoms. The van der Waals surface area contributed by atoms with E-state index < -0.39 is 5.91 Å². The molecule has 6 heteroatoms. The van der Waals surface area contributed by atoms with Crippen molar-refractivity contribution in [1.29, 1.82) is 0 Å². The number of nitrogens with one attached hydrogen (secondary N) is 1. The molecule has 0 saturated heterocycles. The predicted octanol–water partition coefficient (Wildman–Crippen LogP) is 5.07. The summed E-state index contributed by atoms with van der Waals surface area (Å²) in [5.74, 6) is -0.879. The Morgan fingerprint density at radius 2 is 1.54 bits per heavy atom. The molecule has 0 saturated carbocycles. The molecule has 0 fully saturated rings. The molecule has 0 aliphatic carbocycles. The summed E-state index contributed by atoms with van der Waals surface area (Å²) in [4.78, 5) is 19.2. The van der Waals surface area contributed by atoms with Gasteiger partial charge in [0.2, 0.25) is 5.91 Å². The van der Waals surface area contributed by atoms with Gasteiger partial charge >= 0.3 is 0 Å². The molecule has 4 nitrogen and oxygen atoms in total. The number of nitrogens with zero attached hydrogens (tertiary/aromatic N) is 1. The number of amides is 1. The van der Waals surface area contributed by atoms with Gasteiger partial charge in [0, 0.05) is 40.3 Å². The van der Waals surface area contributed by atoms with Crippen LogP contribution in [0.1, 0.15) is 10.4 Å². The minimum atomic E-state index is -0.531. The normalized spacial score (nSPS) is 10.3. The van der Waals surface area contributed by atoms with E-state index in [1.807, 2.05) is 30.3 Å². The number of halogens is 2. The van der Waals surface area contributed by atoms with Gasteiger partial charge < -0.3 is 10.7 Å². The smallest absolute Gasteiger partial charge is 0.249 e. The number of H-pyrrole nitrogens is 1. The molecule has 0 aliphatic heterocycles. The zero-order valence-electron chi connectivity index (χ0n) is 14.7. The lowest BCUT2D eigenvalue weighted by molar-refractivity contribution is 0.100. The molecular weight excluding hydrogens is 377 g/mol. The first-order chi connectivity index (χ1) is 13.1. The maximum Gasteiger partial charge on any atom is 0.249 e. The van der Waals surface area contributed by atoms with Crippen molar-refractivity contribution in [2.45, 2.75) is 0 Å². The van der Waals surface area contributed by atoms with Crippen LogP contribution in [-0.2, 0) is 0 Å². The summed E-state index contributed by atoms with van der Waals surface area (Å²) in [7, 11) is 0. The van der Waals surface area contributed by atoms with E-state index in [1.54, 1.807) is 42.7 Å². The number of aromatic nitrogens is 2. The Morgan fingerprint density at radius 1 is 0.893 bits per heavy atom. The average Bonchev–Trinajstić information content (AvgIpc) is 3.14. The van der Waals surface area contributed by atoms with Gasteiger partial charge in [0.05, 0.1) is 5.69 Å². The minimum Gasteiger partial charge on any atom is -0.366 e. The number of hydrogen-bond donors (Lipinski definition) is 2. The maximum absolute atomic E-state index is 14.5. The maximum atomic E-state index is 14.5. The summed E-state index contributed by atoms with van der Waals surface area (Å²) >= 11 is 0. The Hall–Kier alpha value is -3.44. The van der Waals surface area contributed by atoms with Crippen LogP contribution < -0.4 is 5.73 Å². The molecule has 0 spiro atoms. The largest absolute Gasteiger partial charge is 0.366 e. The number of benzene rings is 2. The lowest BCUT2D eigenvalue weighted by atomic mass is 9.96. The lowest BCUT2D eigenvalue weighted by Gasteiger charge is -2.09. The minimum absolute atomic E-state index is 0. The van der Waals surface area contributed by atoms with Crippen LogP contribution in [0.4, 0.5) is 4.39 Å². The third kappa shape index (κ3) is 3.52. The number of carbonyl (C=O) groups is 1. The molecule has 4 rings (SSSR count). The fourth-order valence-electron chi connectivity index (χ4n) is 3.16. The van der Waals surface area contributed by atoms with Crippen molar-refractivity contribution >= 4 is 18.3 Å². The number of carbonyl (C=O) groups excluding carboxylic acids is 1. The van der Waals surface area contributed by atoms with Crippen LogP contribution in [0.3, 0.4) is 0 Å². The molecule has 2 heterocycles. The van der Waals surface area contributed by atoms with E-state index in [4.69, 9.17) is 5.73 Å². The number of pyridine rings is 1. The summed E-state index contributed by atoms with van der Waals surface area (Å²) in [6.07, 6.45) is 3.38. The predicted molar refractivity (Wildman–Crippen MR) is 111 cm³/mol. The molecule has 2 aromatic carbocycles. The van der Waals surface area contributed by atoms with E-state index in [9.17, 15) is 9.18 Å². The first-order valence-corrected chi connectivity index (χ1v) is 8.42. The average molecular weight is 394 g/mol. The second-order valence-corrected chi connectivity index (χ2v) is 6.10. The van der Waals surface area contributed by atoms with E-state index in [0.717, 1.165) is 11.3 Å². The van der Waals surface area contributed by atoms with Crippen LogP contribution in [0.2, 0.25) is 0 Å². The van der Waals surface area contributed by atoms with E-state index in [2.05, 4.69) is 9.97 Å². The SMILES string of the molecule is Cl.NC(=O)c1ccccc1-c1cc(-c2ccncc2)[nH]c1-c1ccccc1F. The number of nitrogens with two attached hydrogens (primary N) is 1. The number of primary amides is 1. The quantitative estimate of drug-likeness (QED) is 0.508. The highest BCUT2D eigenvalue weighted by molar-refractivity contribution is 6.02. The molecule has 28 heavy (non-hydrogen) atoms. The van der Waals surface area contributed by atoms with Gasteiger partial charge in [0.25, 0.3) is 0 Å². The molecule has 4 aromatic rings. The van der Waals surface area contributed by atoms with E-state index in [-0.39, 0.29) is 18.2 Å². The van der Waals surface area contributed by atoms with Crippen molar-refractivity contribution in [3.8, 4) is 33.6 Å². The van der Waals surface area contributed by atoms with Crippen molar-refractivity contribution in [2.75, 3.05) is 0 Å². The van der Waals surface area contributed by atoms with Crippen LogP contribution >= 0.6 is 12.4 Å². The molecule has 0 aliphatic rings. The first-order valence-electron chi connectivity index (χ1n) is 8.42. The number of hydrogen-bond acceptors (Lipinski definition) is 2. The van der Waals surface area contributed by atoms with Crippen LogP contribution in [-0.4, -0.2) is 15.9 Å². The fourth-order valence-corrected chi connectivity index (χ4v) is 3.16. The van der Waals surface area contributed by atoms with Gasteiger partial charge in [-0.2, -0.15) is 0 Å². The van der Waals surface area contributed by atoms with Gasteiger partial charge in [0.15, 0.2) is 0 Å². The van der Waals surface area contributed by atoms with Gasteiger partial charge in [0.1, 0.15) is 5.82 Å². The molecule has 0 atom stereocenters. The topological polar surface area (TPSA) is 71.8 Å². The third-order valence-electron chi connectivity index (χ3n) is 4.43.